The molecule has 3 rings (SSSR count). The van der Waals surface area contributed by atoms with Crippen LogP contribution in [0.25, 0.3) is 6.08 Å². The molecule has 0 saturated heterocycles. The van der Waals surface area contributed by atoms with Crippen LogP contribution in [0.2, 0.25) is 0 Å². The smallest absolute Gasteiger partial charge is 0.294 e. The first-order chi connectivity index (χ1) is 16.0. The molecule has 3 aromatic rings. The highest BCUT2D eigenvalue weighted by molar-refractivity contribution is 7.98. The van der Waals surface area contributed by atoms with Gasteiger partial charge in [-0.1, -0.05) is 24.3 Å². The molecule has 4 nitrogen and oxygen atoms in total. The molecule has 0 saturated carbocycles. The zero-order chi connectivity index (χ0) is 23.5. The molecule has 0 unspecified atom stereocenters. The van der Waals surface area contributed by atoms with Crippen LogP contribution >= 0.6 is 11.8 Å². The van der Waals surface area contributed by atoms with Gasteiger partial charge in [-0.15, -0.1) is 11.8 Å². The van der Waals surface area contributed by atoms with Crippen molar-refractivity contribution in [3.8, 4) is 0 Å². The molecule has 1 heterocycles. The van der Waals surface area contributed by atoms with E-state index in [9.17, 15) is 18.0 Å². The molecule has 0 fully saturated rings. The summed E-state index contributed by atoms with van der Waals surface area (Å²) in [6, 6.07) is 15.2. The zero-order valence-corrected chi connectivity index (χ0v) is 18.5. The van der Waals surface area contributed by atoms with E-state index >= 15 is 0 Å². The summed E-state index contributed by atoms with van der Waals surface area (Å²) in [7, 11) is 0. The molecule has 33 heavy (non-hydrogen) atoms. The summed E-state index contributed by atoms with van der Waals surface area (Å²) < 4.78 is 40.3. The van der Waals surface area contributed by atoms with Crippen molar-refractivity contribution in [3.63, 3.8) is 0 Å². The Bertz CT molecular complexity index is 1070. The predicted molar refractivity (Wildman–Crippen MR) is 121 cm³/mol. The maximum atomic E-state index is 13.7. The molecule has 0 aliphatic heterocycles. The molecule has 172 valence electrons. The Kier molecular flexibility index (Phi) is 9.53. The summed E-state index contributed by atoms with van der Waals surface area (Å²) >= 11 is 1.01. The van der Waals surface area contributed by atoms with Crippen LogP contribution in [0.1, 0.15) is 29.8 Å². The average Bonchev–Trinajstić information content (AvgIpc) is 2.81. The van der Waals surface area contributed by atoms with Gasteiger partial charge in [0, 0.05) is 11.8 Å². The summed E-state index contributed by atoms with van der Waals surface area (Å²) in [6.07, 6.45) is 4.93. The Morgan fingerprint density at radius 2 is 1.67 bits per heavy atom. The fraction of sp³-hybridized carbons (Fsp3) is 0.200. The molecule has 8 heteroatoms. The fourth-order valence-electron chi connectivity index (χ4n) is 2.86. The monoisotopic (exact) mass is 473 g/mol. The number of thioether (sulfide) groups is 1. The number of carbonyl (C=O) groups is 1. The summed E-state index contributed by atoms with van der Waals surface area (Å²) in [4.78, 5) is 25.7. The second-order valence-corrected chi connectivity index (χ2v) is 8.02. The second-order valence-electron chi connectivity index (χ2n) is 7.03. The molecule has 0 aliphatic rings. The van der Waals surface area contributed by atoms with Crippen molar-refractivity contribution in [2.75, 3.05) is 6.61 Å². The van der Waals surface area contributed by atoms with E-state index in [4.69, 9.17) is 9.78 Å². The van der Waals surface area contributed by atoms with Gasteiger partial charge in [0.2, 0.25) is 0 Å². The third-order valence-corrected chi connectivity index (χ3v) is 5.62. The number of hydrogen-bond acceptors (Lipinski definition) is 5. The number of nitrogens with zero attached hydrogens (tertiary/aromatic N) is 1. The molecule has 0 radical (unpaired) electrons. The van der Waals surface area contributed by atoms with E-state index in [0.717, 1.165) is 30.2 Å². The third kappa shape index (κ3) is 8.40. The van der Waals surface area contributed by atoms with Crippen LogP contribution in [0.4, 0.5) is 13.2 Å². The molecule has 2 aromatic carbocycles. The Balaban J connectivity index is 1.37. The van der Waals surface area contributed by atoms with Crippen LogP contribution in [0.3, 0.4) is 0 Å². The molecule has 0 atom stereocenters. The van der Waals surface area contributed by atoms with E-state index < -0.39 is 17.6 Å². The largest absolute Gasteiger partial charge is 0.366 e. The highest BCUT2D eigenvalue weighted by Gasteiger charge is 2.09. The Hall–Kier alpha value is -3.10. The van der Waals surface area contributed by atoms with Gasteiger partial charge in [0.05, 0.1) is 22.9 Å². The van der Waals surface area contributed by atoms with Crippen molar-refractivity contribution >= 4 is 23.8 Å². The van der Waals surface area contributed by atoms with Crippen molar-refractivity contribution in [2.45, 2.75) is 29.9 Å². The first-order valence-electron chi connectivity index (χ1n) is 10.3. The van der Waals surface area contributed by atoms with Gasteiger partial charge in [-0.2, -0.15) is 4.89 Å². The number of benzene rings is 2. The van der Waals surface area contributed by atoms with E-state index in [0.29, 0.717) is 17.8 Å². The molecule has 0 amide bonds. The lowest BCUT2D eigenvalue weighted by Gasteiger charge is -2.05. The fourth-order valence-corrected chi connectivity index (χ4v) is 3.72. The van der Waals surface area contributed by atoms with E-state index in [1.54, 1.807) is 30.3 Å². The zero-order valence-electron chi connectivity index (χ0n) is 17.7. The number of aromatic nitrogens is 1. The Morgan fingerprint density at radius 3 is 2.42 bits per heavy atom. The van der Waals surface area contributed by atoms with Crippen LogP contribution in [0.5, 0.6) is 0 Å². The highest BCUT2D eigenvalue weighted by Crippen LogP contribution is 2.27. The number of carbonyl (C=O) groups excluding carboxylic acids is 1. The lowest BCUT2D eigenvalue weighted by atomic mass is 10.1. The Morgan fingerprint density at radius 1 is 0.939 bits per heavy atom. The van der Waals surface area contributed by atoms with Gasteiger partial charge in [-0.3, -0.25) is 9.87 Å². The van der Waals surface area contributed by atoms with Gasteiger partial charge < -0.3 is 0 Å². The summed E-state index contributed by atoms with van der Waals surface area (Å²) in [5.41, 5.74) is 2.14. The normalized spacial score (nSPS) is 11.1. The molecule has 0 spiro atoms. The van der Waals surface area contributed by atoms with E-state index in [1.807, 2.05) is 0 Å². The number of unbranched alkanes of at least 4 members (excludes halogenated alkanes) is 1. The average molecular weight is 474 g/mol. The number of halogens is 3. The molecule has 0 bridgehead atoms. The topological polar surface area (TPSA) is 48.4 Å². The van der Waals surface area contributed by atoms with Gasteiger partial charge in [-0.05, 0) is 67.3 Å². The molecule has 0 aliphatic carbocycles. The van der Waals surface area contributed by atoms with Gasteiger partial charge in [0.15, 0.2) is 0 Å². The van der Waals surface area contributed by atoms with Gasteiger partial charge in [-0.25, -0.2) is 18.0 Å². The maximum absolute atomic E-state index is 13.7. The van der Waals surface area contributed by atoms with Crippen LogP contribution in [0.15, 0.2) is 71.6 Å². The summed E-state index contributed by atoms with van der Waals surface area (Å²) in [5.74, 6) is -1.90. The maximum Gasteiger partial charge on any atom is 0.366 e. The third-order valence-electron chi connectivity index (χ3n) is 4.50. The standard InChI is InChI=1S/C25H22F3NO3S/c26-19-12-10-18(11-13-19)5-1-2-16-31-32-24(30)15-14-20-6-3-7-21(29-20)17-33-25-22(27)8-4-9-23(25)28/h3-4,6-15H,1-2,5,16-17H2. The minimum atomic E-state index is -0.677. The van der Waals surface area contributed by atoms with Crippen LogP contribution in [-0.4, -0.2) is 17.6 Å². The number of aryl methyl sites for hydroxylation is 1. The van der Waals surface area contributed by atoms with Gasteiger partial charge in [0.1, 0.15) is 17.5 Å². The molecular formula is C25H22F3NO3S. The number of hydrogen-bond donors (Lipinski definition) is 0. The molecular weight excluding hydrogens is 451 g/mol. The van der Waals surface area contributed by atoms with Crippen molar-refractivity contribution in [1.29, 1.82) is 0 Å². The SMILES string of the molecule is O=C(C=Cc1cccc(CSc2c(F)cccc2F)n1)OOCCCCc1ccc(F)cc1. The molecule has 1 aromatic heterocycles. The summed E-state index contributed by atoms with van der Waals surface area (Å²) in [6.45, 7) is 0.248. The lowest BCUT2D eigenvalue weighted by Crippen LogP contribution is -2.03. The van der Waals surface area contributed by atoms with Gasteiger partial charge >= 0.3 is 5.97 Å². The minimum absolute atomic E-state index is 0.0568. The number of rotatable bonds is 11. The Labute approximate surface area is 194 Å². The van der Waals surface area contributed by atoms with Crippen LogP contribution in [-0.2, 0) is 26.7 Å². The lowest BCUT2D eigenvalue weighted by molar-refractivity contribution is -0.267. The summed E-state index contributed by atoms with van der Waals surface area (Å²) in [5, 5.41) is 0. The van der Waals surface area contributed by atoms with Crippen molar-refractivity contribution in [2.24, 2.45) is 0 Å². The van der Waals surface area contributed by atoms with Crippen molar-refractivity contribution in [1.82, 2.24) is 4.98 Å². The quantitative estimate of drug-likeness (QED) is 0.108. The van der Waals surface area contributed by atoms with E-state index in [-0.39, 0.29) is 23.1 Å². The van der Waals surface area contributed by atoms with E-state index in [1.165, 1.54) is 42.5 Å². The predicted octanol–water partition coefficient (Wildman–Crippen LogP) is 6.30. The second kappa shape index (κ2) is 12.8. The first-order valence-corrected chi connectivity index (χ1v) is 11.3. The van der Waals surface area contributed by atoms with Gasteiger partial charge in [0.25, 0.3) is 0 Å². The van der Waals surface area contributed by atoms with Crippen LogP contribution < -0.4 is 0 Å². The van der Waals surface area contributed by atoms with Crippen molar-refractivity contribution in [3.05, 3.63) is 101 Å². The first kappa shape index (κ1) is 24.5. The number of pyridine rings is 1. The van der Waals surface area contributed by atoms with Crippen LogP contribution in [0, 0.1) is 17.5 Å². The molecule has 0 N–H and O–H groups in total. The van der Waals surface area contributed by atoms with E-state index in [2.05, 4.69) is 4.98 Å². The highest BCUT2D eigenvalue weighted by atomic mass is 32.2. The van der Waals surface area contributed by atoms with Crippen molar-refractivity contribution < 1.29 is 27.7 Å². The minimum Gasteiger partial charge on any atom is -0.294 e.